The van der Waals surface area contributed by atoms with E-state index in [1.54, 1.807) is 18.3 Å². The van der Waals surface area contributed by atoms with Gasteiger partial charge >= 0.3 is 5.69 Å². The number of hydrogen-bond donors (Lipinski definition) is 4. The highest BCUT2D eigenvalue weighted by atomic mass is 31.0. The van der Waals surface area contributed by atoms with Crippen LogP contribution in [-0.2, 0) is 20.5 Å². The molecule has 2 aromatic rings. The minimum absolute atomic E-state index is 0.0464. The van der Waals surface area contributed by atoms with Crippen molar-refractivity contribution in [2.75, 3.05) is 18.9 Å². The van der Waals surface area contributed by atoms with Crippen LogP contribution in [0.4, 0.5) is 5.82 Å². The van der Waals surface area contributed by atoms with Gasteiger partial charge in [-0.3, -0.25) is 9.36 Å². The van der Waals surface area contributed by atoms with E-state index in [9.17, 15) is 14.7 Å². The highest BCUT2D eigenvalue weighted by Crippen LogP contribution is 2.28. The van der Waals surface area contributed by atoms with E-state index in [4.69, 9.17) is 16.3 Å². The first-order valence-corrected chi connectivity index (χ1v) is 9.30. The second-order valence-corrected chi connectivity index (χ2v) is 6.76. The molecule has 29 heavy (non-hydrogen) atoms. The predicted molar refractivity (Wildman–Crippen MR) is 107 cm³/mol. The molecule has 12 heteroatoms. The van der Waals surface area contributed by atoms with Gasteiger partial charge in [0.2, 0.25) is 5.91 Å². The molecule has 1 aliphatic rings. The second-order valence-electron chi connectivity index (χ2n) is 6.47. The zero-order chi connectivity index (χ0) is 21.5. The van der Waals surface area contributed by atoms with Crippen LogP contribution in [0.15, 0.2) is 29.6 Å². The Morgan fingerprint density at radius 3 is 3.28 bits per heavy atom. The van der Waals surface area contributed by atoms with E-state index in [0.29, 0.717) is 11.3 Å². The number of nitrogens with two attached hydrogens (primary N) is 1. The highest BCUT2D eigenvalue weighted by Gasteiger charge is 2.35. The molecule has 1 fully saturated rings. The van der Waals surface area contributed by atoms with Crippen LogP contribution in [0.25, 0.3) is 6.08 Å². The first-order chi connectivity index (χ1) is 14.5. The van der Waals surface area contributed by atoms with E-state index in [2.05, 4.69) is 20.3 Å². The van der Waals surface area contributed by atoms with Crippen LogP contribution in [0, 0.1) is 0 Å². The topological polar surface area (TPSA) is 157 Å². The molecule has 1 aliphatic heterocycles. The summed E-state index contributed by atoms with van der Waals surface area (Å²) >= 11 is 0. The lowest BCUT2D eigenvalue weighted by molar-refractivity contribution is -0.120. The smallest absolute Gasteiger partial charge is 0.351 e. The quantitative estimate of drug-likeness (QED) is 0.388. The first-order valence-electron chi connectivity index (χ1n) is 9.39. The molecule has 0 radical (unpaired) electrons. The fraction of sp³-hybridized carbons (Fsp3) is 0.412. The van der Waals surface area contributed by atoms with Gasteiger partial charge in [0.15, 0.2) is 0 Å². The van der Waals surface area contributed by atoms with E-state index in [1.807, 2.05) is 0 Å². The number of amides is 1. The Bertz CT molecular complexity index is 937. The molecule has 0 saturated carbocycles. The number of aromatic amines is 1. The average Bonchev–Trinajstić information content (AvgIpc) is 3.34. The van der Waals surface area contributed by atoms with Gasteiger partial charge < -0.3 is 30.4 Å². The summed E-state index contributed by atoms with van der Waals surface area (Å²) < 4.78 is 19.0. The molecule has 11 nitrogen and oxygen atoms in total. The molecule has 156 valence electrons. The number of H-pyrrole nitrogens is 1. The van der Waals surface area contributed by atoms with Gasteiger partial charge in [0, 0.05) is 46.0 Å². The largest absolute Gasteiger partial charge is 0.390 e. The fourth-order valence-corrected chi connectivity index (χ4v) is 3.09. The number of aliphatic hydroxyl groups is 1. The Balaban J connectivity index is 1.61. The van der Waals surface area contributed by atoms with Gasteiger partial charge in [0.25, 0.3) is 0 Å². The van der Waals surface area contributed by atoms with Crippen molar-refractivity contribution < 1.29 is 19.2 Å². The Hall–Kier alpha value is -2.59. The number of nitrogens with zero attached hydrogens (tertiary/aromatic N) is 3. The molecule has 0 aliphatic carbocycles. The van der Waals surface area contributed by atoms with Crippen LogP contribution in [-0.4, -0.2) is 57.2 Å². The van der Waals surface area contributed by atoms with Crippen LogP contribution in [0.3, 0.4) is 0 Å². The van der Waals surface area contributed by atoms with Crippen molar-refractivity contribution in [1.82, 2.24) is 24.8 Å². The van der Waals surface area contributed by atoms with Crippen LogP contribution in [0.5, 0.6) is 0 Å². The maximum atomic E-state index is 12.2. The van der Waals surface area contributed by atoms with E-state index in [0.717, 1.165) is 0 Å². The van der Waals surface area contributed by atoms with Crippen molar-refractivity contribution in [3.05, 3.63) is 46.5 Å². The number of aliphatic hydroxyl groups excluding tert-OH is 1. The summed E-state index contributed by atoms with van der Waals surface area (Å²) in [6.07, 6.45) is 6.13. The Morgan fingerprint density at radius 2 is 2.52 bits per heavy atom. The Labute approximate surface area is 169 Å². The van der Waals surface area contributed by atoms with Gasteiger partial charge in [-0.2, -0.15) is 4.98 Å². The number of ether oxygens (including phenoxy) is 1. The summed E-state index contributed by atoms with van der Waals surface area (Å²) in [5.41, 5.74) is 6.42. The standard InChI is InChI=1S/C17H23N6O5P/c18-16-10(2-1-3-20-14(25)4-11-6-19-9-21-11)7-23(17(26)22-16)15-5-12(24)13(28-15)8-27-29/h1-2,6-7,9,12-13,15,24H,3-5,8,29H2,(H,19,21)(H,20,25)(H2,18,22,26)/i29T. The maximum absolute atomic E-state index is 12.2. The van der Waals surface area contributed by atoms with E-state index < -0.39 is 33.5 Å². The third-order valence-corrected chi connectivity index (χ3v) is 4.56. The lowest BCUT2D eigenvalue weighted by Crippen LogP contribution is -2.29. The number of carbonyl (C=O) groups excluding carboxylic acids is 1. The van der Waals surface area contributed by atoms with Crippen LogP contribution in [0.2, 0.25) is 0 Å². The maximum Gasteiger partial charge on any atom is 0.351 e. The normalized spacial score (nSPS) is 22.5. The first kappa shape index (κ1) is 19.7. The minimum atomic E-state index is -0.820. The monoisotopic (exact) mass is 424 g/mol. The summed E-state index contributed by atoms with van der Waals surface area (Å²) in [6, 6.07) is 0. The summed E-state index contributed by atoms with van der Waals surface area (Å²) in [5.74, 6) is -0.125. The number of hydrogen-bond acceptors (Lipinski definition) is 8. The summed E-state index contributed by atoms with van der Waals surface area (Å²) in [7, 11) is -0.465. The summed E-state index contributed by atoms with van der Waals surface area (Å²) in [6.45, 7) is 0.333. The molecule has 2 aromatic heterocycles. The number of carbonyl (C=O) groups is 1. The number of aromatic nitrogens is 4. The molecule has 5 N–H and O–H groups in total. The van der Waals surface area contributed by atoms with Gasteiger partial charge in [-0.05, 0) is 0 Å². The van der Waals surface area contributed by atoms with Crippen molar-refractivity contribution in [3.8, 4) is 0 Å². The zero-order valence-electron chi connectivity index (χ0n) is 16.4. The summed E-state index contributed by atoms with van der Waals surface area (Å²) in [5, 5.41) is 12.8. The third kappa shape index (κ3) is 5.48. The molecule has 0 bridgehead atoms. The molecule has 4 unspecified atom stereocenters. The van der Waals surface area contributed by atoms with Crippen LogP contribution in [0.1, 0.15) is 23.9 Å². The van der Waals surface area contributed by atoms with Crippen molar-refractivity contribution in [2.45, 2.75) is 31.3 Å². The van der Waals surface area contributed by atoms with E-state index >= 15 is 0 Å². The average molecular weight is 424 g/mol. The molecule has 0 aromatic carbocycles. The molecule has 3 rings (SSSR count). The SMILES string of the molecule is [3H]POCC1OC(n2cc(C=CCNC(=O)Cc3cnc[nH]3)c(N)nc2=O)CC1O. The number of nitrogens with one attached hydrogen (secondary N) is 2. The third-order valence-electron chi connectivity index (χ3n) is 4.39. The number of anilines is 1. The molecular weight excluding hydrogens is 399 g/mol. The lowest BCUT2D eigenvalue weighted by atomic mass is 10.2. The van der Waals surface area contributed by atoms with E-state index in [1.165, 1.54) is 17.1 Å². The second kappa shape index (κ2) is 9.75. The Kier molecular flexibility index (Phi) is 6.63. The van der Waals surface area contributed by atoms with Crippen LogP contribution >= 0.6 is 9.41 Å². The van der Waals surface area contributed by atoms with Gasteiger partial charge in [-0.1, -0.05) is 12.2 Å². The lowest BCUT2D eigenvalue weighted by Gasteiger charge is -2.16. The predicted octanol–water partition coefficient (Wildman–Crippen LogP) is -0.624. The zero-order valence-corrected chi connectivity index (χ0v) is 16.4. The molecule has 1 amide bonds. The highest BCUT2D eigenvalue weighted by molar-refractivity contribution is 7.09. The van der Waals surface area contributed by atoms with E-state index in [-0.39, 0.29) is 37.7 Å². The minimum Gasteiger partial charge on any atom is -0.390 e. The number of imidazole rings is 1. The van der Waals surface area contributed by atoms with Gasteiger partial charge in [0.1, 0.15) is 18.1 Å². The van der Waals surface area contributed by atoms with Gasteiger partial charge in [0.05, 0.1) is 26.7 Å². The van der Waals surface area contributed by atoms with Gasteiger partial charge in [-0.15, -0.1) is 0 Å². The summed E-state index contributed by atoms with van der Waals surface area (Å²) in [4.78, 5) is 34.6. The van der Waals surface area contributed by atoms with Crippen molar-refractivity contribution in [2.24, 2.45) is 0 Å². The van der Waals surface area contributed by atoms with Crippen LogP contribution < -0.4 is 16.7 Å². The van der Waals surface area contributed by atoms with Crippen molar-refractivity contribution >= 4 is 27.2 Å². The van der Waals surface area contributed by atoms with Crippen molar-refractivity contribution in [1.29, 1.82) is 1.28 Å². The number of nitrogen functional groups attached to an aromatic ring is 1. The van der Waals surface area contributed by atoms with Crippen molar-refractivity contribution in [3.63, 3.8) is 0 Å². The molecule has 3 heterocycles. The molecule has 4 atom stereocenters. The van der Waals surface area contributed by atoms with Gasteiger partial charge in [-0.25, -0.2) is 9.78 Å². The molecule has 0 spiro atoms. The molecular formula is C17H23N6O5P. The fourth-order valence-electron chi connectivity index (χ4n) is 2.92. The number of rotatable bonds is 9. The Morgan fingerprint density at radius 1 is 1.66 bits per heavy atom. The molecule has 1 saturated heterocycles.